The van der Waals surface area contributed by atoms with Crippen LogP contribution >= 0.6 is 0 Å². The van der Waals surface area contributed by atoms with Gasteiger partial charge in [-0.05, 0) is 37.8 Å². The minimum atomic E-state index is -4.68. The first-order chi connectivity index (χ1) is 16.4. The van der Waals surface area contributed by atoms with Crippen LogP contribution in [0.5, 0.6) is 0 Å². The molecule has 10 heteroatoms. The molecule has 0 saturated carbocycles. The quantitative estimate of drug-likeness (QED) is 0.539. The summed E-state index contributed by atoms with van der Waals surface area (Å²) in [5, 5.41) is 5.41. The van der Waals surface area contributed by atoms with E-state index in [9.17, 15) is 27.6 Å². The van der Waals surface area contributed by atoms with E-state index in [4.69, 9.17) is 0 Å². The summed E-state index contributed by atoms with van der Waals surface area (Å²) in [6, 6.07) is 1.94. The zero-order chi connectivity index (χ0) is 26.1. The van der Waals surface area contributed by atoms with Gasteiger partial charge in [0.05, 0.1) is 29.4 Å². The molecule has 2 heterocycles. The zero-order valence-corrected chi connectivity index (χ0v) is 20.3. The van der Waals surface area contributed by atoms with Gasteiger partial charge in [-0.2, -0.15) is 13.2 Å². The lowest BCUT2D eigenvalue weighted by Crippen LogP contribution is -2.50. The molecule has 2 aliphatic heterocycles. The van der Waals surface area contributed by atoms with Crippen molar-refractivity contribution in [1.82, 2.24) is 20.4 Å². The fraction of sp³-hybridized carbons (Fsp3) is 0.480. The smallest absolute Gasteiger partial charge is 0.352 e. The van der Waals surface area contributed by atoms with Crippen LogP contribution < -0.4 is 10.6 Å². The van der Waals surface area contributed by atoms with E-state index in [0.29, 0.717) is 6.42 Å². The Morgan fingerprint density at radius 1 is 1.23 bits per heavy atom. The molecule has 2 aliphatic rings. The summed E-state index contributed by atoms with van der Waals surface area (Å²) >= 11 is 0. The molecule has 1 aromatic rings. The van der Waals surface area contributed by atoms with E-state index in [0.717, 1.165) is 6.07 Å². The van der Waals surface area contributed by atoms with Crippen LogP contribution in [0.4, 0.5) is 18.0 Å². The molecule has 3 rings (SSSR count). The third-order valence-corrected chi connectivity index (χ3v) is 5.94. The van der Waals surface area contributed by atoms with Crippen molar-refractivity contribution in [2.45, 2.75) is 58.4 Å². The second kappa shape index (κ2) is 10.1. The second-order valence-corrected chi connectivity index (χ2v) is 9.47. The van der Waals surface area contributed by atoms with E-state index in [1.165, 1.54) is 34.1 Å². The zero-order valence-electron chi connectivity index (χ0n) is 20.3. The predicted octanol–water partition coefficient (Wildman–Crippen LogP) is 3.99. The monoisotopic (exact) mass is 492 g/mol. The molecular weight excluding hydrogens is 461 g/mol. The topological polar surface area (TPSA) is 81.8 Å². The highest BCUT2D eigenvalue weighted by molar-refractivity contribution is 6.03. The number of carbonyl (C=O) groups is 3. The fourth-order valence-electron chi connectivity index (χ4n) is 4.53. The van der Waals surface area contributed by atoms with E-state index >= 15 is 0 Å². The first kappa shape index (κ1) is 26.3. The van der Waals surface area contributed by atoms with Crippen molar-refractivity contribution in [3.63, 3.8) is 0 Å². The largest absolute Gasteiger partial charge is 0.416 e. The van der Waals surface area contributed by atoms with E-state index in [1.54, 1.807) is 13.8 Å². The third-order valence-electron chi connectivity index (χ3n) is 5.94. The molecule has 0 saturated heterocycles. The number of alkyl halides is 3. The number of urea groups is 1. The normalized spacial score (nSPS) is 19.3. The molecule has 0 aromatic heterocycles. The van der Waals surface area contributed by atoms with Crippen LogP contribution in [0.3, 0.4) is 0 Å². The molecule has 1 aromatic carbocycles. The first-order valence-corrected chi connectivity index (χ1v) is 11.6. The molecule has 2 N–H and O–H groups in total. The van der Waals surface area contributed by atoms with Gasteiger partial charge in [0.15, 0.2) is 0 Å². The van der Waals surface area contributed by atoms with Crippen molar-refractivity contribution >= 4 is 17.8 Å². The van der Waals surface area contributed by atoms with Crippen molar-refractivity contribution in [3.05, 3.63) is 59.3 Å². The number of nitrogens with zero attached hydrogens (tertiary/aromatic N) is 2. The Bertz CT molecular complexity index is 1050. The van der Waals surface area contributed by atoms with Crippen molar-refractivity contribution in [1.29, 1.82) is 0 Å². The maximum atomic E-state index is 13.8. The first-order valence-electron chi connectivity index (χ1n) is 11.6. The van der Waals surface area contributed by atoms with Crippen LogP contribution in [-0.4, -0.2) is 52.8 Å². The van der Waals surface area contributed by atoms with Crippen LogP contribution in [0.2, 0.25) is 0 Å². The van der Waals surface area contributed by atoms with E-state index in [-0.39, 0.29) is 47.8 Å². The van der Waals surface area contributed by atoms with Gasteiger partial charge in [-0.3, -0.25) is 14.5 Å². The SMILES string of the molecule is C=CCN1C(=O)N[C@@H](c2ccccc2C(F)(F)F)C2=C1CN([C@H](CC(C)C)C(=O)NC(C)C)C2=O. The van der Waals surface area contributed by atoms with Gasteiger partial charge in [0.2, 0.25) is 5.91 Å². The van der Waals surface area contributed by atoms with Crippen LogP contribution in [-0.2, 0) is 15.8 Å². The van der Waals surface area contributed by atoms with Crippen LogP contribution in [0.1, 0.15) is 51.3 Å². The Morgan fingerprint density at radius 3 is 2.46 bits per heavy atom. The molecule has 0 spiro atoms. The van der Waals surface area contributed by atoms with Crippen LogP contribution in [0.15, 0.2) is 48.2 Å². The fourth-order valence-corrected chi connectivity index (χ4v) is 4.53. The number of carbonyl (C=O) groups excluding carboxylic acids is 3. The molecule has 0 unspecified atom stereocenters. The van der Waals surface area contributed by atoms with Gasteiger partial charge >= 0.3 is 12.2 Å². The molecule has 4 amide bonds. The van der Waals surface area contributed by atoms with Gasteiger partial charge < -0.3 is 15.5 Å². The summed E-state index contributed by atoms with van der Waals surface area (Å²) in [7, 11) is 0. The van der Waals surface area contributed by atoms with Gasteiger partial charge in [0.25, 0.3) is 5.91 Å². The van der Waals surface area contributed by atoms with Crippen molar-refractivity contribution in [3.8, 4) is 0 Å². The highest BCUT2D eigenvalue weighted by Gasteiger charge is 2.48. The lowest BCUT2D eigenvalue weighted by atomic mass is 9.91. The summed E-state index contributed by atoms with van der Waals surface area (Å²) < 4.78 is 41.4. The van der Waals surface area contributed by atoms with Gasteiger partial charge in [-0.1, -0.05) is 38.1 Å². The Balaban J connectivity index is 2.11. The molecular formula is C25H31F3N4O3. The maximum Gasteiger partial charge on any atom is 0.416 e. The lowest BCUT2D eigenvalue weighted by molar-refractivity contribution is -0.139. The molecule has 190 valence electrons. The van der Waals surface area contributed by atoms with E-state index < -0.39 is 35.8 Å². The summed E-state index contributed by atoms with van der Waals surface area (Å²) in [6.45, 7) is 11.1. The summed E-state index contributed by atoms with van der Waals surface area (Å²) in [5.41, 5.74) is -0.834. The number of nitrogens with one attached hydrogen (secondary N) is 2. The number of hydrogen-bond acceptors (Lipinski definition) is 3. The number of rotatable bonds is 8. The highest BCUT2D eigenvalue weighted by atomic mass is 19.4. The number of hydrogen-bond donors (Lipinski definition) is 2. The van der Waals surface area contributed by atoms with Crippen molar-refractivity contribution < 1.29 is 27.6 Å². The Labute approximate surface area is 203 Å². The molecule has 0 fully saturated rings. The van der Waals surface area contributed by atoms with E-state index in [2.05, 4.69) is 17.2 Å². The summed E-state index contributed by atoms with van der Waals surface area (Å²) in [5.74, 6) is -0.849. The van der Waals surface area contributed by atoms with Gasteiger partial charge in [-0.15, -0.1) is 6.58 Å². The number of benzene rings is 1. The minimum absolute atomic E-state index is 0.0363. The predicted molar refractivity (Wildman–Crippen MR) is 125 cm³/mol. The molecule has 7 nitrogen and oxygen atoms in total. The van der Waals surface area contributed by atoms with Crippen molar-refractivity contribution in [2.75, 3.05) is 13.1 Å². The van der Waals surface area contributed by atoms with Gasteiger partial charge in [0.1, 0.15) is 6.04 Å². The maximum absolute atomic E-state index is 13.8. The summed E-state index contributed by atoms with van der Waals surface area (Å²) in [4.78, 5) is 42.4. The van der Waals surface area contributed by atoms with Crippen molar-refractivity contribution in [2.24, 2.45) is 5.92 Å². The minimum Gasteiger partial charge on any atom is -0.352 e. The molecule has 0 aliphatic carbocycles. The summed E-state index contributed by atoms with van der Waals surface area (Å²) in [6.07, 6.45) is -2.85. The van der Waals surface area contributed by atoms with Crippen LogP contribution in [0, 0.1) is 5.92 Å². The number of amides is 4. The Morgan fingerprint density at radius 2 is 1.89 bits per heavy atom. The number of halogens is 3. The molecule has 35 heavy (non-hydrogen) atoms. The van der Waals surface area contributed by atoms with Crippen LogP contribution in [0.25, 0.3) is 0 Å². The Hall–Kier alpha value is -3.30. The standard InChI is InChI=1S/C25H31F3N4O3/c1-6-11-31-19-13-32(18(12-14(2)3)22(33)29-15(4)5)23(34)20(19)21(30-24(31)35)16-9-7-8-10-17(16)25(26,27)28/h6-10,14-15,18,21H,1,11-13H2,2-5H3,(H,29,33)(H,30,35)/t18-,21+/m1/s1. The second-order valence-electron chi connectivity index (χ2n) is 9.47. The molecule has 0 bridgehead atoms. The van der Waals surface area contributed by atoms with Gasteiger partial charge in [0, 0.05) is 12.6 Å². The lowest BCUT2D eigenvalue weighted by Gasteiger charge is -2.33. The molecule has 0 radical (unpaired) electrons. The average molecular weight is 493 g/mol. The Kier molecular flexibility index (Phi) is 7.62. The average Bonchev–Trinajstić information content (AvgIpc) is 3.09. The third kappa shape index (κ3) is 5.36. The molecule has 2 atom stereocenters. The van der Waals surface area contributed by atoms with E-state index in [1.807, 2.05) is 13.8 Å². The highest BCUT2D eigenvalue weighted by Crippen LogP contribution is 2.42. The van der Waals surface area contributed by atoms with Gasteiger partial charge in [-0.25, -0.2) is 4.79 Å².